The van der Waals surface area contributed by atoms with Crippen LogP contribution in [0.2, 0.25) is 0 Å². The second-order valence-electron chi connectivity index (χ2n) is 7.39. The maximum Gasteiger partial charge on any atom is 0.241 e. The molecule has 1 aliphatic rings. The predicted molar refractivity (Wildman–Crippen MR) is 108 cm³/mol. The number of hydrogen-bond donors (Lipinski definition) is 1. The molecule has 5 nitrogen and oxygen atoms in total. The Bertz CT molecular complexity index is 1020. The van der Waals surface area contributed by atoms with Crippen LogP contribution in [0, 0.1) is 11.6 Å². The second kappa shape index (κ2) is 8.49. The van der Waals surface area contributed by atoms with Crippen LogP contribution in [-0.2, 0) is 27.7 Å². The third kappa shape index (κ3) is 5.12. The summed E-state index contributed by atoms with van der Waals surface area (Å²) < 4.78 is 51.7. The molecule has 0 saturated heterocycles. The normalized spacial score (nSPS) is 14.8. The highest BCUT2D eigenvalue weighted by Crippen LogP contribution is 2.25. The van der Waals surface area contributed by atoms with E-state index >= 15 is 0 Å². The van der Waals surface area contributed by atoms with Gasteiger partial charge < -0.3 is 5.32 Å². The number of sulfonamides is 1. The van der Waals surface area contributed by atoms with Crippen molar-refractivity contribution in [1.82, 2.24) is 5.32 Å². The minimum Gasteiger partial charge on any atom is -0.348 e. The molecule has 3 rings (SSSR count). The van der Waals surface area contributed by atoms with Crippen LogP contribution >= 0.6 is 0 Å². The average molecular weight is 422 g/mol. The third-order valence-corrected chi connectivity index (χ3v) is 6.27. The van der Waals surface area contributed by atoms with Crippen LogP contribution in [-0.4, -0.2) is 27.1 Å². The van der Waals surface area contributed by atoms with Crippen molar-refractivity contribution in [1.29, 1.82) is 0 Å². The molecule has 0 unspecified atom stereocenters. The van der Waals surface area contributed by atoms with E-state index in [4.69, 9.17) is 0 Å². The maximum atomic E-state index is 13.5. The Balaban J connectivity index is 1.74. The van der Waals surface area contributed by atoms with E-state index in [-0.39, 0.29) is 11.7 Å². The zero-order chi connectivity index (χ0) is 21.2. The molecule has 0 saturated carbocycles. The van der Waals surface area contributed by atoms with Gasteiger partial charge in [0.1, 0.15) is 6.54 Å². The number of nitrogens with one attached hydrogen (secondary N) is 1. The first kappa shape index (κ1) is 21.2. The summed E-state index contributed by atoms with van der Waals surface area (Å²) in [5.41, 5.74) is 3.45. The molecule has 1 amide bonds. The van der Waals surface area contributed by atoms with Gasteiger partial charge >= 0.3 is 0 Å². The van der Waals surface area contributed by atoms with Crippen LogP contribution in [0.15, 0.2) is 36.4 Å². The molecule has 1 N–H and O–H groups in total. The van der Waals surface area contributed by atoms with E-state index in [9.17, 15) is 22.0 Å². The summed E-state index contributed by atoms with van der Waals surface area (Å²) in [6.07, 6.45) is 5.32. The van der Waals surface area contributed by atoms with Gasteiger partial charge in [0, 0.05) is 6.07 Å². The zero-order valence-electron chi connectivity index (χ0n) is 16.4. The van der Waals surface area contributed by atoms with Crippen molar-refractivity contribution >= 4 is 21.6 Å². The van der Waals surface area contributed by atoms with Crippen molar-refractivity contribution in [3.8, 4) is 0 Å². The number of nitrogens with zero attached hydrogens (tertiary/aromatic N) is 1. The fourth-order valence-electron chi connectivity index (χ4n) is 3.56. The molecule has 0 aromatic heterocycles. The summed E-state index contributed by atoms with van der Waals surface area (Å²) in [6, 6.07) is 8.53. The fraction of sp³-hybridized carbons (Fsp3) is 0.381. The standard InChI is InChI=1S/C21H24F2N2O3S/c1-14(16-8-7-15-5-3-4-6-17(15)11-16)24-21(26)13-25(29(2,27)28)18-9-10-19(22)20(23)12-18/h7-12,14H,3-6,13H2,1-2H3,(H,24,26)/t14-/m0/s1. The van der Waals surface area contributed by atoms with E-state index in [2.05, 4.69) is 17.4 Å². The lowest BCUT2D eigenvalue weighted by atomic mass is 9.89. The highest BCUT2D eigenvalue weighted by atomic mass is 32.2. The lowest BCUT2D eigenvalue weighted by Crippen LogP contribution is -2.41. The van der Waals surface area contributed by atoms with E-state index in [0.29, 0.717) is 0 Å². The summed E-state index contributed by atoms with van der Waals surface area (Å²) in [5.74, 6) is -2.81. The SMILES string of the molecule is C[C@H](NC(=O)CN(c1ccc(F)c(F)c1)S(C)(=O)=O)c1ccc2c(c1)CCCC2. The van der Waals surface area contributed by atoms with Crippen LogP contribution < -0.4 is 9.62 Å². The fourth-order valence-corrected chi connectivity index (χ4v) is 4.41. The third-order valence-electron chi connectivity index (χ3n) is 5.13. The molecule has 1 atom stereocenters. The van der Waals surface area contributed by atoms with E-state index < -0.39 is 34.1 Å². The predicted octanol–water partition coefficient (Wildman–Crippen LogP) is 3.49. The first-order valence-corrected chi connectivity index (χ1v) is 11.3. The number of aryl methyl sites for hydroxylation is 2. The second-order valence-corrected chi connectivity index (χ2v) is 9.30. The lowest BCUT2D eigenvalue weighted by Gasteiger charge is -2.24. The van der Waals surface area contributed by atoms with E-state index in [0.717, 1.165) is 53.6 Å². The Hall–Kier alpha value is -2.48. The van der Waals surface area contributed by atoms with Crippen molar-refractivity contribution in [3.05, 3.63) is 64.7 Å². The highest BCUT2D eigenvalue weighted by molar-refractivity contribution is 7.92. The molecule has 0 radical (unpaired) electrons. The van der Waals surface area contributed by atoms with Crippen molar-refractivity contribution in [2.24, 2.45) is 0 Å². The van der Waals surface area contributed by atoms with Crippen LogP contribution in [0.1, 0.15) is 42.5 Å². The number of halogens is 2. The Labute approximate surface area is 169 Å². The van der Waals surface area contributed by atoms with E-state index in [1.807, 2.05) is 13.0 Å². The van der Waals surface area contributed by atoms with Crippen LogP contribution in [0.5, 0.6) is 0 Å². The van der Waals surface area contributed by atoms with Gasteiger partial charge in [-0.2, -0.15) is 0 Å². The molecular weight excluding hydrogens is 398 g/mol. The quantitative estimate of drug-likeness (QED) is 0.775. The minimum absolute atomic E-state index is 0.108. The smallest absolute Gasteiger partial charge is 0.241 e. The van der Waals surface area contributed by atoms with Crippen molar-refractivity contribution in [3.63, 3.8) is 0 Å². The molecule has 0 heterocycles. The number of benzene rings is 2. The molecule has 0 aliphatic heterocycles. The zero-order valence-corrected chi connectivity index (χ0v) is 17.2. The van der Waals surface area contributed by atoms with Gasteiger partial charge in [-0.05, 0) is 61.4 Å². The van der Waals surface area contributed by atoms with Gasteiger partial charge in [-0.3, -0.25) is 9.10 Å². The van der Waals surface area contributed by atoms with Gasteiger partial charge in [0.2, 0.25) is 15.9 Å². The number of carbonyl (C=O) groups is 1. The first-order chi connectivity index (χ1) is 13.6. The van der Waals surface area contributed by atoms with Crippen LogP contribution in [0.25, 0.3) is 0 Å². The number of fused-ring (bicyclic) bond motifs is 1. The maximum absolute atomic E-state index is 13.5. The molecule has 1 aliphatic carbocycles. The molecule has 156 valence electrons. The molecule has 8 heteroatoms. The molecule has 2 aromatic rings. The molecular formula is C21H24F2N2O3S. The van der Waals surface area contributed by atoms with Gasteiger partial charge in [0.05, 0.1) is 18.0 Å². The number of amides is 1. The van der Waals surface area contributed by atoms with Gasteiger partial charge in [0.25, 0.3) is 0 Å². The summed E-state index contributed by atoms with van der Waals surface area (Å²) in [4.78, 5) is 12.5. The number of rotatable bonds is 6. The van der Waals surface area contributed by atoms with E-state index in [1.54, 1.807) is 0 Å². The van der Waals surface area contributed by atoms with Gasteiger partial charge in [0.15, 0.2) is 11.6 Å². The van der Waals surface area contributed by atoms with E-state index in [1.165, 1.54) is 17.5 Å². The molecule has 0 bridgehead atoms. The van der Waals surface area contributed by atoms with Crippen LogP contribution in [0.4, 0.5) is 14.5 Å². The molecule has 0 spiro atoms. The Morgan fingerprint density at radius 2 is 1.76 bits per heavy atom. The van der Waals surface area contributed by atoms with Crippen LogP contribution in [0.3, 0.4) is 0 Å². The topological polar surface area (TPSA) is 66.5 Å². The lowest BCUT2D eigenvalue weighted by molar-refractivity contribution is -0.120. The van der Waals surface area contributed by atoms with Gasteiger partial charge in [-0.1, -0.05) is 18.2 Å². The summed E-state index contributed by atoms with van der Waals surface area (Å²) in [5, 5.41) is 2.79. The summed E-state index contributed by atoms with van der Waals surface area (Å²) in [7, 11) is -3.87. The number of hydrogen-bond acceptors (Lipinski definition) is 3. The number of carbonyl (C=O) groups excluding carboxylic acids is 1. The van der Waals surface area contributed by atoms with Crippen molar-refractivity contribution in [2.45, 2.75) is 38.6 Å². The Morgan fingerprint density at radius 3 is 2.41 bits per heavy atom. The molecule has 2 aromatic carbocycles. The Morgan fingerprint density at radius 1 is 1.07 bits per heavy atom. The first-order valence-electron chi connectivity index (χ1n) is 9.49. The number of anilines is 1. The van der Waals surface area contributed by atoms with Crippen molar-refractivity contribution < 1.29 is 22.0 Å². The monoisotopic (exact) mass is 422 g/mol. The minimum atomic E-state index is -3.87. The molecule has 29 heavy (non-hydrogen) atoms. The average Bonchev–Trinajstić information content (AvgIpc) is 2.67. The molecule has 0 fully saturated rings. The summed E-state index contributed by atoms with van der Waals surface area (Å²) in [6.45, 7) is 1.30. The largest absolute Gasteiger partial charge is 0.348 e. The van der Waals surface area contributed by atoms with Crippen molar-refractivity contribution in [2.75, 3.05) is 17.1 Å². The van der Waals surface area contributed by atoms with Gasteiger partial charge in [-0.15, -0.1) is 0 Å². The van der Waals surface area contributed by atoms with Gasteiger partial charge in [-0.25, -0.2) is 17.2 Å². The summed E-state index contributed by atoms with van der Waals surface area (Å²) >= 11 is 0. The Kier molecular flexibility index (Phi) is 6.21. The highest BCUT2D eigenvalue weighted by Gasteiger charge is 2.23.